The molecule has 0 unspecified atom stereocenters. The SMILES string of the molecule is COc1cccc(C(=O)N2CCC[C@H](c3nc(C)c(CC(N)=O)c(C)n3)C2)c1. The Bertz CT molecular complexity index is 874. The van der Waals surface area contributed by atoms with E-state index in [2.05, 4.69) is 9.97 Å². The number of hydrogen-bond acceptors (Lipinski definition) is 5. The molecule has 0 aliphatic carbocycles. The van der Waals surface area contributed by atoms with Crippen LogP contribution in [0.25, 0.3) is 0 Å². The highest BCUT2D eigenvalue weighted by molar-refractivity contribution is 5.94. The third kappa shape index (κ3) is 4.30. The number of nitrogens with zero attached hydrogens (tertiary/aromatic N) is 3. The Hall–Kier alpha value is -2.96. The van der Waals surface area contributed by atoms with Crippen LogP contribution in [0, 0.1) is 13.8 Å². The molecule has 3 rings (SSSR count). The van der Waals surface area contributed by atoms with Crippen molar-refractivity contribution >= 4 is 11.8 Å². The normalized spacial score (nSPS) is 16.7. The first-order chi connectivity index (χ1) is 13.4. The van der Waals surface area contributed by atoms with Crippen molar-refractivity contribution in [2.24, 2.45) is 5.73 Å². The van der Waals surface area contributed by atoms with E-state index in [0.29, 0.717) is 24.4 Å². The van der Waals surface area contributed by atoms with Gasteiger partial charge in [-0.1, -0.05) is 6.07 Å². The zero-order valence-electron chi connectivity index (χ0n) is 16.6. The lowest BCUT2D eigenvalue weighted by atomic mass is 9.95. The zero-order valence-corrected chi connectivity index (χ0v) is 16.6. The topological polar surface area (TPSA) is 98.4 Å². The summed E-state index contributed by atoms with van der Waals surface area (Å²) in [5.74, 6) is 1.06. The summed E-state index contributed by atoms with van der Waals surface area (Å²) in [7, 11) is 1.59. The molecular formula is C21H26N4O3. The molecule has 1 fully saturated rings. The maximum atomic E-state index is 12.9. The summed E-state index contributed by atoms with van der Waals surface area (Å²) in [5, 5.41) is 0. The number of nitrogens with two attached hydrogens (primary N) is 1. The first kappa shape index (κ1) is 19.8. The van der Waals surface area contributed by atoms with Crippen molar-refractivity contribution in [3.63, 3.8) is 0 Å². The van der Waals surface area contributed by atoms with Crippen molar-refractivity contribution in [2.45, 2.75) is 39.0 Å². The minimum absolute atomic E-state index is 0.0117. The number of amides is 2. The Morgan fingerprint density at radius 2 is 1.96 bits per heavy atom. The van der Waals surface area contributed by atoms with Gasteiger partial charge in [-0.25, -0.2) is 9.97 Å². The lowest BCUT2D eigenvalue weighted by molar-refractivity contribution is -0.117. The van der Waals surface area contributed by atoms with Crippen molar-refractivity contribution in [3.05, 3.63) is 52.6 Å². The minimum Gasteiger partial charge on any atom is -0.497 e. The Morgan fingerprint density at radius 3 is 2.61 bits per heavy atom. The Labute approximate surface area is 164 Å². The lowest BCUT2D eigenvalue weighted by Gasteiger charge is -2.32. The molecule has 0 radical (unpaired) electrons. The fraction of sp³-hybridized carbons (Fsp3) is 0.429. The van der Waals surface area contributed by atoms with E-state index in [1.165, 1.54) is 0 Å². The monoisotopic (exact) mass is 382 g/mol. The molecule has 2 amide bonds. The van der Waals surface area contributed by atoms with Gasteiger partial charge in [-0.2, -0.15) is 0 Å². The van der Waals surface area contributed by atoms with Crippen molar-refractivity contribution in [2.75, 3.05) is 20.2 Å². The van der Waals surface area contributed by atoms with Crippen LogP contribution in [0.1, 0.15) is 51.9 Å². The number of piperidine rings is 1. The first-order valence-electron chi connectivity index (χ1n) is 9.44. The fourth-order valence-electron chi connectivity index (χ4n) is 3.69. The molecule has 1 aliphatic heterocycles. The summed E-state index contributed by atoms with van der Waals surface area (Å²) in [6.07, 6.45) is 1.96. The van der Waals surface area contributed by atoms with Crippen LogP contribution in [0.4, 0.5) is 0 Å². The molecule has 148 valence electrons. The van der Waals surface area contributed by atoms with Gasteiger partial charge >= 0.3 is 0 Å². The van der Waals surface area contributed by atoms with Crippen LogP contribution in [0.15, 0.2) is 24.3 Å². The van der Waals surface area contributed by atoms with E-state index >= 15 is 0 Å². The van der Waals surface area contributed by atoms with Crippen molar-refractivity contribution in [1.82, 2.24) is 14.9 Å². The molecule has 1 aromatic carbocycles. The number of carbonyl (C=O) groups is 2. The highest BCUT2D eigenvalue weighted by Crippen LogP contribution is 2.27. The number of hydrogen-bond donors (Lipinski definition) is 1. The van der Waals surface area contributed by atoms with Crippen LogP contribution in [0.2, 0.25) is 0 Å². The molecule has 28 heavy (non-hydrogen) atoms. The summed E-state index contributed by atoms with van der Waals surface area (Å²) >= 11 is 0. The number of rotatable bonds is 5. The maximum Gasteiger partial charge on any atom is 0.254 e. The molecule has 2 heterocycles. The molecule has 1 saturated heterocycles. The highest BCUT2D eigenvalue weighted by Gasteiger charge is 2.28. The number of primary amides is 1. The van der Waals surface area contributed by atoms with Crippen LogP contribution in [0.5, 0.6) is 5.75 Å². The van der Waals surface area contributed by atoms with Gasteiger partial charge in [0.25, 0.3) is 5.91 Å². The van der Waals surface area contributed by atoms with Crippen LogP contribution < -0.4 is 10.5 Å². The van der Waals surface area contributed by atoms with Crippen LogP contribution in [0.3, 0.4) is 0 Å². The van der Waals surface area contributed by atoms with Gasteiger partial charge in [0.2, 0.25) is 5.91 Å². The van der Waals surface area contributed by atoms with E-state index in [4.69, 9.17) is 10.5 Å². The van der Waals surface area contributed by atoms with Gasteiger partial charge in [-0.15, -0.1) is 0 Å². The average Bonchev–Trinajstić information content (AvgIpc) is 2.70. The number of benzene rings is 1. The number of carbonyl (C=O) groups excluding carboxylic acids is 2. The lowest BCUT2D eigenvalue weighted by Crippen LogP contribution is -2.39. The second-order valence-corrected chi connectivity index (χ2v) is 7.20. The van der Waals surface area contributed by atoms with Gasteiger partial charge in [0.15, 0.2) is 0 Å². The Kier molecular flexibility index (Phi) is 5.92. The molecular weight excluding hydrogens is 356 g/mol. The van der Waals surface area contributed by atoms with Gasteiger partial charge in [0, 0.05) is 41.5 Å². The summed E-state index contributed by atoms with van der Waals surface area (Å²) in [4.78, 5) is 35.3. The smallest absolute Gasteiger partial charge is 0.254 e. The molecule has 1 atom stereocenters. The average molecular weight is 382 g/mol. The standard InChI is InChI=1S/C21H26N4O3/c1-13-18(11-19(22)26)14(2)24-20(23-13)16-7-5-9-25(12-16)21(27)15-6-4-8-17(10-15)28-3/h4,6,8,10,16H,5,7,9,11-12H2,1-3H3,(H2,22,26)/t16-/m0/s1. The third-order valence-electron chi connectivity index (χ3n) is 5.18. The molecule has 7 nitrogen and oxygen atoms in total. The van der Waals surface area contributed by atoms with E-state index in [1.54, 1.807) is 19.2 Å². The molecule has 1 aliphatic rings. The molecule has 0 bridgehead atoms. The second-order valence-electron chi connectivity index (χ2n) is 7.20. The number of aromatic nitrogens is 2. The van der Waals surface area contributed by atoms with Crippen molar-refractivity contribution < 1.29 is 14.3 Å². The molecule has 2 N–H and O–H groups in total. The number of ether oxygens (including phenoxy) is 1. The second kappa shape index (κ2) is 8.37. The van der Waals surface area contributed by atoms with Crippen molar-refractivity contribution in [1.29, 1.82) is 0 Å². The number of methoxy groups -OCH3 is 1. The predicted octanol–water partition coefficient (Wildman–Crippen LogP) is 2.15. The molecule has 0 spiro atoms. The van der Waals surface area contributed by atoms with Crippen LogP contribution >= 0.6 is 0 Å². The summed E-state index contributed by atoms with van der Waals surface area (Å²) < 4.78 is 5.22. The fourth-order valence-corrected chi connectivity index (χ4v) is 3.69. The first-order valence-corrected chi connectivity index (χ1v) is 9.44. The third-order valence-corrected chi connectivity index (χ3v) is 5.18. The highest BCUT2D eigenvalue weighted by atomic mass is 16.5. The van der Waals surface area contributed by atoms with Gasteiger partial charge in [0.05, 0.1) is 13.5 Å². The van der Waals surface area contributed by atoms with E-state index < -0.39 is 5.91 Å². The zero-order chi connectivity index (χ0) is 20.3. The molecule has 0 saturated carbocycles. The van der Waals surface area contributed by atoms with E-state index in [9.17, 15) is 9.59 Å². The number of likely N-dealkylation sites (tertiary alicyclic amines) is 1. The molecule has 2 aromatic rings. The summed E-state index contributed by atoms with van der Waals surface area (Å²) in [6, 6.07) is 7.21. The van der Waals surface area contributed by atoms with Gasteiger partial charge in [-0.05, 0) is 44.9 Å². The Morgan fingerprint density at radius 1 is 1.25 bits per heavy atom. The molecule has 1 aromatic heterocycles. The van der Waals surface area contributed by atoms with Crippen LogP contribution in [-0.2, 0) is 11.2 Å². The quantitative estimate of drug-likeness (QED) is 0.854. The molecule has 7 heteroatoms. The van der Waals surface area contributed by atoms with Crippen LogP contribution in [-0.4, -0.2) is 46.9 Å². The number of aryl methyl sites for hydroxylation is 2. The predicted molar refractivity (Wildman–Crippen MR) is 105 cm³/mol. The summed E-state index contributed by atoms with van der Waals surface area (Å²) in [5.41, 5.74) is 8.28. The minimum atomic E-state index is -0.393. The van der Waals surface area contributed by atoms with Gasteiger partial charge in [-0.3, -0.25) is 9.59 Å². The van der Waals surface area contributed by atoms with E-state index in [-0.39, 0.29) is 18.2 Å². The largest absolute Gasteiger partial charge is 0.497 e. The summed E-state index contributed by atoms with van der Waals surface area (Å²) in [6.45, 7) is 5.03. The van der Waals surface area contributed by atoms with Gasteiger partial charge < -0.3 is 15.4 Å². The van der Waals surface area contributed by atoms with Crippen molar-refractivity contribution in [3.8, 4) is 5.75 Å². The van der Waals surface area contributed by atoms with E-state index in [1.807, 2.05) is 30.9 Å². The van der Waals surface area contributed by atoms with Gasteiger partial charge in [0.1, 0.15) is 11.6 Å². The Balaban J connectivity index is 1.79. The van der Waals surface area contributed by atoms with E-state index in [0.717, 1.165) is 35.6 Å². The maximum absolute atomic E-state index is 12.9.